The molecule has 0 unspecified atom stereocenters. The van der Waals surface area contributed by atoms with E-state index in [1.807, 2.05) is 0 Å². The number of para-hydroxylation sites is 2. The maximum atomic E-state index is 3.67. The fraction of sp³-hybridized carbons (Fsp3) is 0.136. The highest BCUT2D eigenvalue weighted by Gasteiger charge is 2.37. The van der Waals surface area contributed by atoms with E-state index in [0.717, 1.165) is 15.6 Å². The molecule has 2 aliphatic carbocycles. The van der Waals surface area contributed by atoms with E-state index in [4.69, 9.17) is 0 Å². The Morgan fingerprint density at radius 1 is 0.478 bits per heavy atom. The number of fused-ring (bicyclic) bond motifs is 9. The molecule has 0 saturated carbocycles. The molecule has 6 aromatic carbocycles. The number of aromatic nitrogens is 1. The predicted molar refractivity (Wildman–Crippen MR) is 196 cm³/mol. The van der Waals surface area contributed by atoms with E-state index in [1.165, 1.54) is 72.0 Å². The summed E-state index contributed by atoms with van der Waals surface area (Å²) in [6.45, 7) is 9.34. The molecule has 1 heterocycles. The molecular formula is C44H32BrN. The summed E-state index contributed by atoms with van der Waals surface area (Å²) in [7, 11) is 0. The molecule has 0 atom stereocenters. The normalized spacial score (nSPS) is 14.8. The van der Waals surface area contributed by atoms with Crippen LogP contribution in [0, 0.1) is 11.8 Å². The van der Waals surface area contributed by atoms with Gasteiger partial charge in [0, 0.05) is 42.9 Å². The van der Waals surface area contributed by atoms with Gasteiger partial charge in [-0.05, 0) is 111 Å². The van der Waals surface area contributed by atoms with Gasteiger partial charge in [0.15, 0.2) is 0 Å². The van der Waals surface area contributed by atoms with Crippen LogP contribution in [0.25, 0.3) is 49.7 Å². The summed E-state index contributed by atoms with van der Waals surface area (Å²) < 4.78 is 3.53. The molecule has 0 N–H and O–H groups in total. The first-order valence-electron chi connectivity index (χ1n) is 16.0. The van der Waals surface area contributed by atoms with Crippen LogP contribution in [0.15, 0.2) is 126 Å². The number of nitrogens with zero attached hydrogens (tertiary/aromatic N) is 1. The van der Waals surface area contributed by atoms with E-state index >= 15 is 0 Å². The molecule has 2 heteroatoms. The Kier molecular flexibility index (Phi) is 5.72. The number of hydrogen-bond acceptors (Lipinski definition) is 0. The maximum absolute atomic E-state index is 3.67. The molecule has 2 aliphatic rings. The molecule has 220 valence electrons. The monoisotopic (exact) mass is 653 g/mol. The van der Waals surface area contributed by atoms with E-state index in [9.17, 15) is 0 Å². The van der Waals surface area contributed by atoms with Crippen LogP contribution in [0.2, 0.25) is 0 Å². The topological polar surface area (TPSA) is 4.93 Å². The van der Waals surface area contributed by atoms with Crippen LogP contribution in [0.3, 0.4) is 0 Å². The van der Waals surface area contributed by atoms with Gasteiger partial charge in [0.25, 0.3) is 0 Å². The minimum Gasteiger partial charge on any atom is -0.309 e. The Morgan fingerprint density at radius 2 is 1.02 bits per heavy atom. The van der Waals surface area contributed by atoms with Gasteiger partial charge in [0.2, 0.25) is 0 Å². The lowest BCUT2D eigenvalue weighted by Gasteiger charge is -2.22. The summed E-state index contributed by atoms with van der Waals surface area (Å²) in [5, 5.41) is 2.59. The van der Waals surface area contributed by atoms with Crippen molar-refractivity contribution in [3.05, 3.63) is 159 Å². The Morgan fingerprint density at radius 3 is 1.70 bits per heavy atom. The van der Waals surface area contributed by atoms with Crippen LogP contribution >= 0.6 is 15.9 Å². The largest absolute Gasteiger partial charge is 0.309 e. The Hall–Kier alpha value is -4.84. The molecule has 0 amide bonds. The molecule has 7 aromatic rings. The lowest BCUT2D eigenvalue weighted by molar-refractivity contribution is 0.659. The number of halogens is 1. The van der Waals surface area contributed by atoms with Gasteiger partial charge in [-0.25, -0.2) is 0 Å². The van der Waals surface area contributed by atoms with E-state index in [2.05, 4.69) is 181 Å². The van der Waals surface area contributed by atoms with Gasteiger partial charge in [-0.1, -0.05) is 110 Å². The summed E-state index contributed by atoms with van der Waals surface area (Å²) in [5.41, 5.74) is 16.3. The zero-order valence-corrected chi connectivity index (χ0v) is 28.0. The first kappa shape index (κ1) is 27.5. The highest BCUT2D eigenvalue weighted by Crippen LogP contribution is 2.52. The molecule has 0 saturated heterocycles. The van der Waals surface area contributed by atoms with Gasteiger partial charge in [-0.3, -0.25) is 0 Å². The minimum atomic E-state index is -0.135. The van der Waals surface area contributed by atoms with Gasteiger partial charge in [-0.2, -0.15) is 0 Å². The summed E-state index contributed by atoms with van der Waals surface area (Å²) in [6, 6.07) is 44.5. The molecule has 0 bridgehead atoms. The second-order valence-electron chi connectivity index (χ2n) is 13.8. The first-order valence-corrected chi connectivity index (χ1v) is 16.8. The number of benzene rings is 6. The van der Waals surface area contributed by atoms with Crippen molar-refractivity contribution >= 4 is 37.7 Å². The number of hydrogen-bond donors (Lipinski definition) is 0. The van der Waals surface area contributed by atoms with Gasteiger partial charge < -0.3 is 4.57 Å². The highest BCUT2D eigenvalue weighted by molar-refractivity contribution is 9.10. The Bertz CT molecular complexity index is 2480. The van der Waals surface area contributed by atoms with Gasteiger partial charge in [0.05, 0.1) is 11.0 Å². The molecule has 9 rings (SSSR count). The van der Waals surface area contributed by atoms with Crippen molar-refractivity contribution in [2.45, 2.75) is 38.5 Å². The smallest absolute Gasteiger partial charge is 0.0547 e. The fourth-order valence-electron chi connectivity index (χ4n) is 8.06. The van der Waals surface area contributed by atoms with E-state index in [1.54, 1.807) is 0 Å². The first-order chi connectivity index (χ1) is 22.2. The average molecular weight is 655 g/mol. The summed E-state index contributed by atoms with van der Waals surface area (Å²) >= 11 is 3.67. The summed E-state index contributed by atoms with van der Waals surface area (Å²) in [4.78, 5) is 0. The third-order valence-corrected chi connectivity index (χ3v) is 11.0. The van der Waals surface area contributed by atoms with Gasteiger partial charge in [0.1, 0.15) is 0 Å². The molecule has 1 nitrogen and oxygen atoms in total. The third kappa shape index (κ3) is 3.82. The van der Waals surface area contributed by atoms with E-state index in [-0.39, 0.29) is 10.8 Å². The van der Waals surface area contributed by atoms with Crippen LogP contribution in [-0.2, 0) is 10.8 Å². The SMILES string of the molecule is CC1(C)c2cc(Br)ccc2-c2ccc(C#Cc3ccc4c(c3)C(C)(C)c3cc5c6ccccc6n(-c6ccccc6)c5cc3-4)cc21. The van der Waals surface area contributed by atoms with Crippen LogP contribution in [0.4, 0.5) is 0 Å². The lowest BCUT2D eigenvalue weighted by atomic mass is 9.81. The Labute approximate surface area is 278 Å². The zero-order valence-electron chi connectivity index (χ0n) is 26.4. The molecule has 0 spiro atoms. The fourth-order valence-corrected chi connectivity index (χ4v) is 8.42. The van der Waals surface area contributed by atoms with Crippen molar-refractivity contribution in [1.29, 1.82) is 0 Å². The van der Waals surface area contributed by atoms with Crippen molar-refractivity contribution < 1.29 is 0 Å². The maximum Gasteiger partial charge on any atom is 0.0547 e. The molecule has 0 radical (unpaired) electrons. The van der Waals surface area contributed by atoms with E-state index < -0.39 is 0 Å². The molecule has 1 aromatic heterocycles. The Balaban J connectivity index is 1.13. The van der Waals surface area contributed by atoms with Crippen LogP contribution in [-0.4, -0.2) is 4.57 Å². The lowest BCUT2D eigenvalue weighted by Crippen LogP contribution is -2.15. The molecule has 0 fully saturated rings. The molecular weight excluding hydrogens is 622 g/mol. The van der Waals surface area contributed by atoms with Gasteiger partial charge in [-0.15, -0.1) is 0 Å². The number of rotatable bonds is 1. The molecule has 0 aliphatic heterocycles. The minimum absolute atomic E-state index is 0.0631. The van der Waals surface area contributed by atoms with Crippen LogP contribution in [0.5, 0.6) is 0 Å². The van der Waals surface area contributed by atoms with Crippen molar-refractivity contribution in [2.24, 2.45) is 0 Å². The third-order valence-electron chi connectivity index (χ3n) is 10.5. The summed E-state index contributed by atoms with van der Waals surface area (Å²) in [5.74, 6) is 7.04. The second kappa shape index (κ2) is 9.58. The van der Waals surface area contributed by atoms with Crippen molar-refractivity contribution in [2.75, 3.05) is 0 Å². The molecule has 46 heavy (non-hydrogen) atoms. The van der Waals surface area contributed by atoms with Crippen molar-refractivity contribution in [3.8, 4) is 39.8 Å². The van der Waals surface area contributed by atoms with Crippen molar-refractivity contribution in [1.82, 2.24) is 4.57 Å². The second-order valence-corrected chi connectivity index (χ2v) is 14.7. The van der Waals surface area contributed by atoms with Crippen LogP contribution in [0.1, 0.15) is 61.1 Å². The quantitative estimate of drug-likeness (QED) is 0.155. The zero-order chi connectivity index (χ0) is 31.4. The average Bonchev–Trinajstić information content (AvgIpc) is 3.59. The van der Waals surface area contributed by atoms with E-state index in [0.29, 0.717) is 0 Å². The van der Waals surface area contributed by atoms with Crippen LogP contribution < -0.4 is 0 Å². The van der Waals surface area contributed by atoms with Gasteiger partial charge >= 0.3 is 0 Å². The highest BCUT2D eigenvalue weighted by atomic mass is 79.9. The predicted octanol–water partition coefficient (Wildman–Crippen LogP) is 11.6. The van der Waals surface area contributed by atoms with Crippen molar-refractivity contribution in [3.63, 3.8) is 0 Å². The standard InChI is InChI=1S/C44H32BrN/c1-43(2)37-22-27(16-19-31(37)32-21-18-29(45)24-39(32)43)14-15-28-17-20-33-35-26-42-36(25-40(35)44(3,4)38(33)23-28)34-12-8-9-13-41(34)46(42)30-10-6-5-7-11-30/h5-13,16-26H,1-4H3. The summed E-state index contributed by atoms with van der Waals surface area (Å²) in [6.07, 6.45) is 0.